The molecule has 0 aromatic rings. The number of amides is 2. The van der Waals surface area contributed by atoms with E-state index < -0.39 is 0 Å². The molecular formula is C8H18N2O. The molecule has 1 atom stereocenters. The molecule has 3 heteroatoms. The molecule has 0 saturated carbocycles. The Morgan fingerprint density at radius 3 is 2.18 bits per heavy atom. The second-order valence-corrected chi connectivity index (χ2v) is 2.70. The Kier molecular flexibility index (Phi) is 4.66. The minimum atomic E-state index is -0.0336. The average Bonchev–Trinajstić information content (AvgIpc) is 2.40. The summed E-state index contributed by atoms with van der Waals surface area (Å²) < 4.78 is 0. The van der Waals surface area contributed by atoms with E-state index in [-0.39, 0.29) is 6.03 Å². The van der Waals surface area contributed by atoms with E-state index in [4.69, 9.17) is 0 Å². The molecule has 1 fully saturated rings. The van der Waals surface area contributed by atoms with E-state index in [2.05, 4.69) is 24.5 Å². The zero-order chi connectivity index (χ0) is 8.85. The first-order valence-corrected chi connectivity index (χ1v) is 4.24. The van der Waals surface area contributed by atoms with E-state index in [1.807, 2.05) is 13.8 Å². The quantitative estimate of drug-likeness (QED) is 0.594. The molecule has 1 unspecified atom stereocenters. The Morgan fingerprint density at radius 2 is 2.00 bits per heavy atom. The molecule has 3 nitrogen and oxygen atoms in total. The number of carbonyl (C=O) groups excluding carboxylic acids is 1. The standard InChI is InChI=1S/C6H12N2O.C2H6/c1-4(2)5-3-7-6(9)8-5;1-2/h4-5H,3H2,1-2H3,(H2,7,8,9);1-2H3. The van der Waals surface area contributed by atoms with E-state index in [9.17, 15) is 4.79 Å². The first-order valence-electron chi connectivity index (χ1n) is 4.24. The third kappa shape index (κ3) is 3.25. The number of hydrogen-bond donors (Lipinski definition) is 2. The molecule has 1 heterocycles. The molecule has 0 radical (unpaired) electrons. The molecule has 0 aliphatic carbocycles. The van der Waals surface area contributed by atoms with Crippen LogP contribution in [0.4, 0.5) is 4.79 Å². The van der Waals surface area contributed by atoms with Crippen LogP contribution in [0.1, 0.15) is 27.7 Å². The minimum absolute atomic E-state index is 0.0336. The van der Waals surface area contributed by atoms with Crippen molar-refractivity contribution in [1.82, 2.24) is 10.6 Å². The predicted octanol–water partition coefficient (Wildman–Crippen LogP) is 1.35. The maximum atomic E-state index is 10.5. The van der Waals surface area contributed by atoms with Crippen LogP contribution < -0.4 is 10.6 Å². The van der Waals surface area contributed by atoms with E-state index in [1.54, 1.807) is 0 Å². The van der Waals surface area contributed by atoms with Crippen LogP contribution in [0.2, 0.25) is 0 Å². The number of carbonyl (C=O) groups is 1. The summed E-state index contributed by atoms with van der Waals surface area (Å²) in [6, 6.07) is 0.297. The van der Waals surface area contributed by atoms with E-state index in [0.29, 0.717) is 12.0 Å². The Hall–Kier alpha value is -0.730. The number of hydrogen-bond acceptors (Lipinski definition) is 1. The van der Waals surface area contributed by atoms with Gasteiger partial charge in [-0.05, 0) is 5.92 Å². The van der Waals surface area contributed by atoms with Crippen LogP contribution in [0.15, 0.2) is 0 Å². The van der Waals surface area contributed by atoms with Crippen molar-refractivity contribution in [1.29, 1.82) is 0 Å². The largest absolute Gasteiger partial charge is 0.336 e. The van der Waals surface area contributed by atoms with Crippen LogP contribution in [-0.4, -0.2) is 18.6 Å². The van der Waals surface area contributed by atoms with E-state index in [0.717, 1.165) is 6.54 Å². The summed E-state index contributed by atoms with van der Waals surface area (Å²) in [7, 11) is 0. The lowest BCUT2D eigenvalue weighted by Gasteiger charge is -2.10. The highest BCUT2D eigenvalue weighted by molar-refractivity contribution is 5.76. The van der Waals surface area contributed by atoms with Crippen LogP contribution in [0, 0.1) is 5.92 Å². The molecule has 0 aromatic heterocycles. The van der Waals surface area contributed by atoms with Gasteiger partial charge >= 0.3 is 6.03 Å². The predicted molar refractivity (Wildman–Crippen MR) is 46.5 cm³/mol. The van der Waals surface area contributed by atoms with Crippen molar-refractivity contribution in [3.63, 3.8) is 0 Å². The number of nitrogens with one attached hydrogen (secondary N) is 2. The lowest BCUT2D eigenvalue weighted by Crippen LogP contribution is -2.30. The van der Waals surface area contributed by atoms with Crippen molar-refractivity contribution in [2.24, 2.45) is 5.92 Å². The van der Waals surface area contributed by atoms with Crippen molar-refractivity contribution in [2.75, 3.05) is 6.54 Å². The molecule has 1 rings (SSSR count). The molecule has 0 aromatic carbocycles. The molecule has 1 aliphatic rings. The lowest BCUT2D eigenvalue weighted by atomic mass is 10.1. The van der Waals surface area contributed by atoms with Crippen molar-refractivity contribution in [3.05, 3.63) is 0 Å². The molecule has 2 N–H and O–H groups in total. The zero-order valence-corrected chi connectivity index (χ0v) is 7.77. The van der Waals surface area contributed by atoms with Crippen molar-refractivity contribution < 1.29 is 4.79 Å². The van der Waals surface area contributed by atoms with Gasteiger partial charge in [0.1, 0.15) is 0 Å². The highest BCUT2D eigenvalue weighted by atomic mass is 16.2. The summed E-state index contributed by atoms with van der Waals surface area (Å²) >= 11 is 0. The van der Waals surface area contributed by atoms with Gasteiger partial charge in [0.05, 0.1) is 6.04 Å². The monoisotopic (exact) mass is 158 g/mol. The van der Waals surface area contributed by atoms with Gasteiger partial charge in [-0.3, -0.25) is 0 Å². The highest BCUT2D eigenvalue weighted by Crippen LogP contribution is 2.02. The topological polar surface area (TPSA) is 41.1 Å². The molecule has 1 saturated heterocycles. The van der Waals surface area contributed by atoms with Gasteiger partial charge in [-0.2, -0.15) is 0 Å². The normalized spacial score (nSPS) is 21.9. The van der Waals surface area contributed by atoms with Gasteiger partial charge in [0.15, 0.2) is 0 Å². The van der Waals surface area contributed by atoms with Crippen LogP contribution in [0.5, 0.6) is 0 Å². The number of rotatable bonds is 1. The second kappa shape index (κ2) is 4.99. The Balaban J connectivity index is 0.000000461. The van der Waals surface area contributed by atoms with Gasteiger partial charge in [0.25, 0.3) is 0 Å². The van der Waals surface area contributed by atoms with Crippen molar-refractivity contribution >= 4 is 6.03 Å². The first-order chi connectivity index (χ1) is 5.20. The lowest BCUT2D eigenvalue weighted by molar-refractivity contribution is 0.246. The summed E-state index contributed by atoms with van der Waals surface area (Å²) in [4.78, 5) is 10.5. The van der Waals surface area contributed by atoms with Gasteiger partial charge in [0.2, 0.25) is 0 Å². The van der Waals surface area contributed by atoms with Crippen LogP contribution in [-0.2, 0) is 0 Å². The zero-order valence-electron chi connectivity index (χ0n) is 7.77. The summed E-state index contributed by atoms with van der Waals surface area (Å²) in [6.07, 6.45) is 0. The van der Waals surface area contributed by atoms with Gasteiger partial charge < -0.3 is 10.6 Å². The van der Waals surface area contributed by atoms with Gasteiger partial charge in [-0.15, -0.1) is 0 Å². The van der Waals surface area contributed by atoms with E-state index >= 15 is 0 Å². The number of urea groups is 1. The summed E-state index contributed by atoms with van der Waals surface area (Å²) in [5.41, 5.74) is 0. The molecular weight excluding hydrogens is 140 g/mol. The molecule has 11 heavy (non-hydrogen) atoms. The highest BCUT2D eigenvalue weighted by Gasteiger charge is 2.21. The SMILES string of the molecule is CC.CC(C)C1CNC(=O)N1. The second-order valence-electron chi connectivity index (χ2n) is 2.70. The summed E-state index contributed by atoms with van der Waals surface area (Å²) in [6.45, 7) is 8.96. The van der Waals surface area contributed by atoms with Gasteiger partial charge in [0, 0.05) is 6.54 Å². The average molecular weight is 158 g/mol. The minimum Gasteiger partial charge on any atom is -0.336 e. The fourth-order valence-electron chi connectivity index (χ4n) is 0.875. The first kappa shape index (κ1) is 10.3. The molecule has 0 bridgehead atoms. The molecule has 1 aliphatic heterocycles. The Morgan fingerprint density at radius 1 is 1.45 bits per heavy atom. The fourth-order valence-corrected chi connectivity index (χ4v) is 0.875. The van der Waals surface area contributed by atoms with E-state index in [1.165, 1.54) is 0 Å². The Labute approximate surface area is 68.6 Å². The summed E-state index contributed by atoms with van der Waals surface area (Å²) in [5, 5.41) is 5.50. The third-order valence-corrected chi connectivity index (χ3v) is 1.60. The molecule has 2 amide bonds. The molecule has 66 valence electrons. The maximum Gasteiger partial charge on any atom is 0.315 e. The molecule has 0 spiro atoms. The van der Waals surface area contributed by atoms with Crippen LogP contribution in [0.25, 0.3) is 0 Å². The van der Waals surface area contributed by atoms with Crippen LogP contribution >= 0.6 is 0 Å². The van der Waals surface area contributed by atoms with Gasteiger partial charge in [-0.1, -0.05) is 27.7 Å². The smallest absolute Gasteiger partial charge is 0.315 e. The fraction of sp³-hybridized carbons (Fsp3) is 0.875. The van der Waals surface area contributed by atoms with Gasteiger partial charge in [-0.25, -0.2) is 4.79 Å². The van der Waals surface area contributed by atoms with Crippen molar-refractivity contribution in [3.8, 4) is 0 Å². The third-order valence-electron chi connectivity index (χ3n) is 1.60. The van der Waals surface area contributed by atoms with Crippen molar-refractivity contribution in [2.45, 2.75) is 33.7 Å². The maximum absolute atomic E-state index is 10.5. The summed E-state index contributed by atoms with van der Waals surface area (Å²) in [5.74, 6) is 0.531. The Bertz CT molecular complexity index is 123. The van der Waals surface area contributed by atoms with Crippen LogP contribution in [0.3, 0.4) is 0 Å².